The molecule has 0 radical (unpaired) electrons. The highest BCUT2D eigenvalue weighted by Gasteiger charge is 2.25. The van der Waals surface area contributed by atoms with Crippen molar-refractivity contribution in [2.45, 2.75) is 38.8 Å². The Labute approximate surface area is 150 Å². The van der Waals surface area contributed by atoms with Crippen molar-refractivity contribution in [3.05, 3.63) is 50.9 Å². The largest absolute Gasteiger partial charge is 0.329 e. The third kappa shape index (κ3) is 3.43. The number of aromatic nitrogens is 4. The van der Waals surface area contributed by atoms with Crippen LogP contribution in [0, 0.1) is 6.92 Å². The van der Waals surface area contributed by atoms with E-state index in [2.05, 4.69) is 42.9 Å². The van der Waals surface area contributed by atoms with Crippen LogP contribution in [-0.4, -0.2) is 37.5 Å². The molecule has 3 aromatic rings. The summed E-state index contributed by atoms with van der Waals surface area (Å²) in [4.78, 5) is 17.4. The highest BCUT2D eigenvalue weighted by Crippen LogP contribution is 2.28. The quantitative estimate of drug-likeness (QED) is 0.699. The van der Waals surface area contributed by atoms with Crippen molar-refractivity contribution in [3.8, 4) is 0 Å². The SMILES string of the molecule is Cc1ncsc1CN1CCC[C@@H](c2nccn2Cc2cscn2)C1. The molecule has 0 spiro atoms. The fourth-order valence-electron chi connectivity index (χ4n) is 3.40. The highest BCUT2D eigenvalue weighted by atomic mass is 32.1. The number of likely N-dealkylation sites (tertiary alicyclic amines) is 1. The van der Waals surface area contributed by atoms with Crippen LogP contribution in [0.4, 0.5) is 0 Å². The molecule has 1 fully saturated rings. The molecule has 0 aromatic carbocycles. The molecule has 5 nitrogen and oxygen atoms in total. The number of nitrogens with zero attached hydrogens (tertiary/aromatic N) is 5. The summed E-state index contributed by atoms with van der Waals surface area (Å²) in [5.41, 5.74) is 6.14. The average Bonchev–Trinajstić information content (AvgIpc) is 3.32. The molecule has 0 bridgehead atoms. The van der Waals surface area contributed by atoms with E-state index in [0.717, 1.165) is 25.3 Å². The first-order valence-corrected chi connectivity index (χ1v) is 10.1. The van der Waals surface area contributed by atoms with E-state index in [1.54, 1.807) is 22.7 Å². The van der Waals surface area contributed by atoms with Gasteiger partial charge in [0.2, 0.25) is 0 Å². The molecule has 1 aliphatic rings. The Hall–Kier alpha value is -1.57. The van der Waals surface area contributed by atoms with Crippen molar-refractivity contribution in [2.24, 2.45) is 0 Å². The molecule has 4 heterocycles. The van der Waals surface area contributed by atoms with Crippen LogP contribution in [0.3, 0.4) is 0 Å². The Kier molecular flexibility index (Phi) is 4.73. The van der Waals surface area contributed by atoms with Gasteiger partial charge in [0.25, 0.3) is 0 Å². The van der Waals surface area contributed by atoms with E-state index in [-0.39, 0.29) is 0 Å². The lowest BCUT2D eigenvalue weighted by atomic mass is 9.97. The Balaban J connectivity index is 1.46. The zero-order valence-corrected chi connectivity index (χ0v) is 15.4. The first-order valence-electron chi connectivity index (χ1n) is 8.29. The fourth-order valence-corrected chi connectivity index (χ4v) is 4.76. The summed E-state index contributed by atoms with van der Waals surface area (Å²) in [6.45, 7) is 6.18. The van der Waals surface area contributed by atoms with Gasteiger partial charge in [0.15, 0.2) is 0 Å². The number of piperidine rings is 1. The van der Waals surface area contributed by atoms with Crippen molar-refractivity contribution in [2.75, 3.05) is 13.1 Å². The summed E-state index contributed by atoms with van der Waals surface area (Å²) >= 11 is 3.42. The van der Waals surface area contributed by atoms with Gasteiger partial charge in [-0.15, -0.1) is 22.7 Å². The Bertz CT molecular complexity index is 777. The van der Waals surface area contributed by atoms with Gasteiger partial charge in [0.1, 0.15) is 5.82 Å². The van der Waals surface area contributed by atoms with E-state index < -0.39 is 0 Å². The maximum Gasteiger partial charge on any atom is 0.113 e. The summed E-state index contributed by atoms with van der Waals surface area (Å²) in [6.07, 6.45) is 6.45. The van der Waals surface area contributed by atoms with Crippen molar-refractivity contribution in [3.63, 3.8) is 0 Å². The smallest absolute Gasteiger partial charge is 0.113 e. The van der Waals surface area contributed by atoms with Crippen LogP contribution in [0.2, 0.25) is 0 Å². The van der Waals surface area contributed by atoms with Crippen LogP contribution in [-0.2, 0) is 13.1 Å². The summed E-state index contributed by atoms with van der Waals surface area (Å²) in [6, 6.07) is 0. The van der Waals surface area contributed by atoms with Gasteiger partial charge >= 0.3 is 0 Å². The second-order valence-corrected chi connectivity index (χ2v) is 7.99. The first-order chi connectivity index (χ1) is 11.8. The van der Waals surface area contributed by atoms with Crippen LogP contribution >= 0.6 is 22.7 Å². The summed E-state index contributed by atoms with van der Waals surface area (Å²) in [7, 11) is 0. The summed E-state index contributed by atoms with van der Waals surface area (Å²) in [5.74, 6) is 1.70. The molecule has 4 rings (SSSR count). The van der Waals surface area contributed by atoms with Gasteiger partial charge in [0, 0.05) is 41.7 Å². The molecular formula is C17H21N5S2. The van der Waals surface area contributed by atoms with Gasteiger partial charge in [-0.1, -0.05) is 0 Å². The van der Waals surface area contributed by atoms with Crippen LogP contribution in [0.15, 0.2) is 28.8 Å². The average molecular weight is 360 g/mol. The lowest BCUT2D eigenvalue weighted by Gasteiger charge is -2.32. The molecule has 0 saturated carbocycles. The molecular weight excluding hydrogens is 338 g/mol. The normalized spacial score (nSPS) is 19.0. The molecule has 0 N–H and O–H groups in total. The maximum atomic E-state index is 4.67. The summed E-state index contributed by atoms with van der Waals surface area (Å²) in [5, 5.41) is 2.11. The van der Waals surface area contributed by atoms with Crippen molar-refractivity contribution in [1.29, 1.82) is 0 Å². The predicted octanol–water partition coefficient (Wildman–Crippen LogP) is 3.53. The fraction of sp³-hybridized carbons (Fsp3) is 0.471. The number of thiazole rings is 2. The molecule has 1 aliphatic heterocycles. The van der Waals surface area contributed by atoms with E-state index >= 15 is 0 Å². The van der Waals surface area contributed by atoms with Crippen LogP contribution < -0.4 is 0 Å². The van der Waals surface area contributed by atoms with Gasteiger partial charge in [0.05, 0.1) is 29.0 Å². The van der Waals surface area contributed by atoms with Crippen LogP contribution in [0.5, 0.6) is 0 Å². The van der Waals surface area contributed by atoms with Crippen molar-refractivity contribution in [1.82, 2.24) is 24.4 Å². The lowest BCUT2D eigenvalue weighted by molar-refractivity contribution is 0.196. The van der Waals surface area contributed by atoms with E-state index in [4.69, 9.17) is 0 Å². The predicted molar refractivity (Wildman–Crippen MR) is 97.5 cm³/mol. The van der Waals surface area contributed by atoms with E-state index in [0.29, 0.717) is 5.92 Å². The lowest BCUT2D eigenvalue weighted by Crippen LogP contribution is -2.35. The molecule has 0 amide bonds. The highest BCUT2D eigenvalue weighted by molar-refractivity contribution is 7.09. The Morgan fingerprint density at radius 3 is 2.96 bits per heavy atom. The third-order valence-corrected chi connectivity index (χ3v) is 6.20. The van der Waals surface area contributed by atoms with Crippen LogP contribution in [0.25, 0.3) is 0 Å². The van der Waals surface area contributed by atoms with Crippen molar-refractivity contribution >= 4 is 22.7 Å². The zero-order valence-electron chi connectivity index (χ0n) is 13.8. The number of rotatable bonds is 5. The molecule has 126 valence electrons. The molecule has 24 heavy (non-hydrogen) atoms. The molecule has 3 aromatic heterocycles. The zero-order chi connectivity index (χ0) is 16.4. The minimum atomic E-state index is 0.501. The molecule has 7 heteroatoms. The second-order valence-electron chi connectivity index (χ2n) is 6.33. The Morgan fingerprint density at radius 2 is 2.17 bits per heavy atom. The third-order valence-electron chi connectivity index (χ3n) is 4.65. The number of imidazole rings is 1. The van der Waals surface area contributed by atoms with Gasteiger partial charge in [-0.25, -0.2) is 15.0 Å². The van der Waals surface area contributed by atoms with Crippen molar-refractivity contribution < 1.29 is 0 Å². The number of hydrogen-bond acceptors (Lipinski definition) is 6. The molecule has 0 unspecified atom stereocenters. The summed E-state index contributed by atoms with van der Waals surface area (Å²) < 4.78 is 2.27. The maximum absolute atomic E-state index is 4.67. The second kappa shape index (κ2) is 7.13. The first kappa shape index (κ1) is 15.9. The van der Waals surface area contributed by atoms with E-state index in [9.17, 15) is 0 Å². The monoisotopic (exact) mass is 359 g/mol. The van der Waals surface area contributed by atoms with Gasteiger partial charge < -0.3 is 4.57 Å². The minimum absolute atomic E-state index is 0.501. The van der Waals surface area contributed by atoms with E-state index in [1.165, 1.54) is 35.8 Å². The molecule has 1 atom stereocenters. The molecule has 1 saturated heterocycles. The van der Waals surface area contributed by atoms with Gasteiger partial charge in [-0.2, -0.15) is 0 Å². The van der Waals surface area contributed by atoms with Gasteiger partial charge in [-0.3, -0.25) is 4.90 Å². The Morgan fingerprint density at radius 1 is 1.21 bits per heavy atom. The topological polar surface area (TPSA) is 46.8 Å². The van der Waals surface area contributed by atoms with E-state index in [1.807, 2.05) is 17.2 Å². The minimum Gasteiger partial charge on any atom is -0.329 e. The standard InChI is InChI=1S/C17H21N5S2/c1-13-16(24-12-19-13)9-21-5-2-3-14(7-21)17-18-4-6-22(17)8-15-10-23-11-20-15/h4,6,10-12,14H,2-3,5,7-9H2,1H3/t14-/m1/s1. The van der Waals surface area contributed by atoms with Gasteiger partial charge in [-0.05, 0) is 26.3 Å². The van der Waals surface area contributed by atoms with Crippen LogP contribution in [0.1, 0.15) is 40.8 Å². The number of hydrogen-bond donors (Lipinski definition) is 0. The number of aryl methyl sites for hydroxylation is 1. The molecule has 0 aliphatic carbocycles.